The van der Waals surface area contributed by atoms with Gasteiger partial charge >= 0.3 is 0 Å². The van der Waals surface area contributed by atoms with E-state index in [9.17, 15) is 4.39 Å². The molecule has 0 bridgehead atoms. The Kier molecular flexibility index (Phi) is 3.92. The highest BCUT2D eigenvalue weighted by molar-refractivity contribution is 9.10. The minimum absolute atomic E-state index is 0.181. The highest BCUT2D eigenvalue weighted by atomic mass is 79.9. The highest BCUT2D eigenvalue weighted by Crippen LogP contribution is 2.22. The molecule has 0 fully saturated rings. The first-order valence-corrected chi connectivity index (χ1v) is 6.21. The van der Waals surface area contributed by atoms with Gasteiger partial charge in [0, 0.05) is 6.04 Å². The monoisotopic (exact) mass is 293 g/mol. The van der Waals surface area contributed by atoms with Gasteiger partial charge in [-0.25, -0.2) is 4.39 Å². The number of halogens is 2. The van der Waals surface area contributed by atoms with E-state index >= 15 is 0 Å². The third-order valence-corrected chi connectivity index (χ3v) is 3.31. The fourth-order valence-electron chi connectivity index (χ4n) is 1.76. The van der Waals surface area contributed by atoms with Crippen LogP contribution >= 0.6 is 15.9 Å². The van der Waals surface area contributed by atoms with Crippen LogP contribution in [0.25, 0.3) is 0 Å². The molecular weight excluding hydrogens is 281 g/mol. The molecule has 0 aliphatic heterocycles. The molecular formula is C14H13BrFN. The number of hydrogen-bond acceptors (Lipinski definition) is 1. The van der Waals surface area contributed by atoms with E-state index in [4.69, 9.17) is 5.73 Å². The van der Waals surface area contributed by atoms with Crippen molar-refractivity contribution in [3.05, 3.63) is 69.9 Å². The lowest BCUT2D eigenvalue weighted by molar-refractivity contribution is 0.587. The minimum Gasteiger partial charge on any atom is -0.324 e. The fraction of sp³-hybridized carbons (Fsp3) is 0.143. The Morgan fingerprint density at radius 1 is 1.06 bits per heavy atom. The largest absolute Gasteiger partial charge is 0.324 e. The van der Waals surface area contributed by atoms with Crippen molar-refractivity contribution >= 4 is 15.9 Å². The zero-order valence-corrected chi connectivity index (χ0v) is 10.8. The molecule has 88 valence electrons. The van der Waals surface area contributed by atoms with Gasteiger partial charge in [-0.1, -0.05) is 42.5 Å². The fourth-order valence-corrected chi connectivity index (χ4v) is 2.17. The lowest BCUT2D eigenvalue weighted by atomic mass is 9.99. The Balaban J connectivity index is 2.19. The second kappa shape index (κ2) is 5.43. The highest BCUT2D eigenvalue weighted by Gasteiger charge is 2.11. The molecule has 0 spiro atoms. The number of nitrogens with two attached hydrogens (primary N) is 1. The van der Waals surface area contributed by atoms with Crippen LogP contribution in [-0.4, -0.2) is 0 Å². The van der Waals surface area contributed by atoms with Crippen molar-refractivity contribution in [2.75, 3.05) is 0 Å². The van der Waals surface area contributed by atoms with Gasteiger partial charge in [0.05, 0.1) is 4.47 Å². The van der Waals surface area contributed by atoms with Crippen LogP contribution in [0.4, 0.5) is 4.39 Å². The Labute approximate surface area is 109 Å². The topological polar surface area (TPSA) is 26.0 Å². The van der Waals surface area contributed by atoms with Gasteiger partial charge in [0.2, 0.25) is 0 Å². The number of hydrogen-bond donors (Lipinski definition) is 1. The Bertz CT molecular complexity index is 499. The van der Waals surface area contributed by atoms with Crippen molar-refractivity contribution in [1.29, 1.82) is 0 Å². The Morgan fingerprint density at radius 2 is 1.76 bits per heavy atom. The molecule has 0 saturated carbocycles. The van der Waals surface area contributed by atoms with Crippen LogP contribution in [-0.2, 0) is 6.42 Å². The molecule has 0 aromatic heterocycles. The molecule has 1 nitrogen and oxygen atoms in total. The normalized spacial score (nSPS) is 12.4. The van der Waals surface area contributed by atoms with Crippen LogP contribution in [0, 0.1) is 5.82 Å². The van der Waals surface area contributed by atoms with Crippen molar-refractivity contribution in [3.8, 4) is 0 Å². The molecule has 0 aliphatic rings. The number of rotatable bonds is 3. The molecule has 0 amide bonds. The van der Waals surface area contributed by atoms with Gasteiger partial charge in [0.25, 0.3) is 0 Å². The molecule has 3 heteroatoms. The predicted molar refractivity (Wildman–Crippen MR) is 71.2 cm³/mol. The Hall–Kier alpha value is -1.19. The van der Waals surface area contributed by atoms with E-state index in [1.165, 1.54) is 0 Å². The average molecular weight is 294 g/mol. The van der Waals surface area contributed by atoms with E-state index in [0.717, 1.165) is 5.56 Å². The molecule has 17 heavy (non-hydrogen) atoms. The summed E-state index contributed by atoms with van der Waals surface area (Å²) < 4.78 is 14.3. The summed E-state index contributed by atoms with van der Waals surface area (Å²) in [6.07, 6.45) is 0.495. The third kappa shape index (κ3) is 2.93. The standard InChI is InChI=1S/C14H13BrFN/c15-12-8-4-7-11(14(12)16)9-13(17)10-5-2-1-3-6-10/h1-8,13H,9,17H2. The molecule has 2 N–H and O–H groups in total. The van der Waals surface area contributed by atoms with E-state index in [1.807, 2.05) is 36.4 Å². The minimum atomic E-state index is -0.223. The molecule has 2 aromatic carbocycles. The van der Waals surface area contributed by atoms with Gasteiger partial charge < -0.3 is 5.73 Å². The summed E-state index contributed by atoms with van der Waals surface area (Å²) in [5, 5.41) is 0. The first-order chi connectivity index (χ1) is 8.18. The van der Waals surface area contributed by atoms with Crippen LogP contribution in [0.3, 0.4) is 0 Å². The molecule has 1 atom stereocenters. The predicted octanol–water partition coefficient (Wildman–Crippen LogP) is 3.83. The maximum Gasteiger partial charge on any atom is 0.140 e. The van der Waals surface area contributed by atoms with Crippen molar-refractivity contribution in [2.45, 2.75) is 12.5 Å². The lowest BCUT2D eigenvalue weighted by Crippen LogP contribution is -2.14. The van der Waals surface area contributed by atoms with Crippen LogP contribution in [0.5, 0.6) is 0 Å². The van der Waals surface area contributed by atoms with Gasteiger partial charge in [0.15, 0.2) is 0 Å². The van der Waals surface area contributed by atoms with Crippen LogP contribution < -0.4 is 5.73 Å². The maximum atomic E-state index is 13.8. The van der Waals surface area contributed by atoms with Crippen LogP contribution in [0.2, 0.25) is 0 Å². The molecule has 1 unspecified atom stereocenters. The van der Waals surface area contributed by atoms with Crippen LogP contribution in [0.15, 0.2) is 53.0 Å². The molecule has 2 rings (SSSR count). The van der Waals surface area contributed by atoms with Crippen molar-refractivity contribution in [2.24, 2.45) is 5.73 Å². The maximum absolute atomic E-state index is 13.8. The van der Waals surface area contributed by atoms with E-state index in [-0.39, 0.29) is 11.9 Å². The van der Waals surface area contributed by atoms with Crippen molar-refractivity contribution in [3.63, 3.8) is 0 Å². The van der Waals surface area contributed by atoms with Gasteiger partial charge in [-0.15, -0.1) is 0 Å². The zero-order valence-electron chi connectivity index (χ0n) is 9.24. The summed E-state index contributed by atoms with van der Waals surface area (Å²) in [6, 6.07) is 14.8. The Morgan fingerprint density at radius 3 is 2.47 bits per heavy atom. The molecule has 2 aromatic rings. The quantitative estimate of drug-likeness (QED) is 0.914. The van der Waals surface area contributed by atoms with Gasteiger partial charge in [-0.05, 0) is 39.5 Å². The third-order valence-electron chi connectivity index (χ3n) is 2.70. The number of benzene rings is 2. The molecule has 0 saturated heterocycles. The summed E-state index contributed by atoms with van der Waals surface area (Å²) >= 11 is 3.18. The second-order valence-corrected chi connectivity index (χ2v) is 4.79. The summed E-state index contributed by atoms with van der Waals surface area (Å²) in [5.41, 5.74) is 7.72. The van der Waals surface area contributed by atoms with Crippen molar-refractivity contribution in [1.82, 2.24) is 0 Å². The summed E-state index contributed by atoms with van der Waals surface area (Å²) in [5.74, 6) is -0.223. The summed E-state index contributed by atoms with van der Waals surface area (Å²) in [7, 11) is 0. The van der Waals surface area contributed by atoms with Gasteiger partial charge in [-0.3, -0.25) is 0 Å². The zero-order chi connectivity index (χ0) is 12.3. The first-order valence-electron chi connectivity index (χ1n) is 5.42. The summed E-state index contributed by atoms with van der Waals surface area (Å²) in [4.78, 5) is 0. The molecule has 0 radical (unpaired) electrons. The molecule has 0 heterocycles. The lowest BCUT2D eigenvalue weighted by Gasteiger charge is -2.13. The average Bonchev–Trinajstić information content (AvgIpc) is 2.36. The molecule has 0 aliphatic carbocycles. The van der Waals surface area contributed by atoms with E-state index in [1.54, 1.807) is 12.1 Å². The van der Waals surface area contributed by atoms with E-state index in [2.05, 4.69) is 15.9 Å². The SMILES string of the molecule is NC(Cc1cccc(Br)c1F)c1ccccc1. The van der Waals surface area contributed by atoms with Gasteiger partial charge in [-0.2, -0.15) is 0 Å². The van der Waals surface area contributed by atoms with Crippen molar-refractivity contribution < 1.29 is 4.39 Å². The summed E-state index contributed by atoms with van der Waals surface area (Å²) in [6.45, 7) is 0. The van der Waals surface area contributed by atoms with E-state index < -0.39 is 0 Å². The van der Waals surface area contributed by atoms with Crippen LogP contribution in [0.1, 0.15) is 17.2 Å². The second-order valence-electron chi connectivity index (χ2n) is 3.93. The van der Waals surface area contributed by atoms with E-state index in [0.29, 0.717) is 16.5 Å². The first kappa shape index (κ1) is 12.3. The van der Waals surface area contributed by atoms with Gasteiger partial charge in [0.1, 0.15) is 5.82 Å². The smallest absolute Gasteiger partial charge is 0.140 e.